The lowest BCUT2D eigenvalue weighted by molar-refractivity contribution is 0.0694. The number of rotatable bonds is 4. The van der Waals surface area contributed by atoms with Crippen molar-refractivity contribution in [1.82, 2.24) is 4.57 Å². The van der Waals surface area contributed by atoms with E-state index in [1.165, 1.54) is 10.6 Å². The van der Waals surface area contributed by atoms with Crippen molar-refractivity contribution in [1.29, 1.82) is 0 Å². The summed E-state index contributed by atoms with van der Waals surface area (Å²) < 4.78 is 12.6. The molecule has 1 aliphatic rings. The Morgan fingerprint density at radius 1 is 1.17 bits per heavy atom. The molecular weight excluding hydrogens is 298 g/mol. The molecule has 0 saturated heterocycles. The van der Waals surface area contributed by atoms with Crippen LogP contribution in [0.1, 0.15) is 23.7 Å². The second kappa shape index (κ2) is 6.16. The van der Waals surface area contributed by atoms with E-state index in [9.17, 15) is 9.59 Å². The van der Waals surface area contributed by atoms with Gasteiger partial charge in [0.1, 0.15) is 18.8 Å². The van der Waals surface area contributed by atoms with Crippen LogP contribution in [0.15, 0.2) is 35.1 Å². The Bertz CT molecular complexity index is 809. The van der Waals surface area contributed by atoms with Gasteiger partial charge in [0.15, 0.2) is 11.5 Å². The number of carboxylic acids is 1. The molecule has 0 saturated carbocycles. The smallest absolute Gasteiger partial charge is 0.341 e. The highest BCUT2D eigenvalue weighted by Crippen LogP contribution is 2.34. The van der Waals surface area contributed by atoms with Gasteiger partial charge in [-0.15, -0.1) is 0 Å². The predicted molar refractivity (Wildman–Crippen MR) is 84.4 cm³/mol. The first-order valence-electron chi connectivity index (χ1n) is 7.49. The summed E-state index contributed by atoms with van der Waals surface area (Å²) in [6.07, 6.45) is 0.723. The Morgan fingerprint density at radius 2 is 1.91 bits per heavy atom. The third kappa shape index (κ3) is 2.79. The number of carbonyl (C=O) groups is 1. The van der Waals surface area contributed by atoms with E-state index in [2.05, 4.69) is 0 Å². The maximum atomic E-state index is 12.4. The molecule has 0 unspecified atom stereocenters. The molecule has 0 amide bonds. The first-order chi connectivity index (χ1) is 11.1. The van der Waals surface area contributed by atoms with E-state index in [1.807, 2.05) is 19.1 Å². The highest BCUT2D eigenvalue weighted by Gasteiger charge is 2.17. The summed E-state index contributed by atoms with van der Waals surface area (Å²) in [6.45, 7) is 3.38. The summed E-state index contributed by atoms with van der Waals surface area (Å²) in [4.78, 5) is 23.6. The summed E-state index contributed by atoms with van der Waals surface area (Å²) in [6, 6.07) is 8.47. The standard InChI is InChI=1S/C17H17NO5/c1-2-7-18-13(5-4-12(16(18)19)17(20)21)11-3-6-14-15(10-11)23-9-8-22-14/h3-6,10H,2,7-9H2,1H3,(H,20,21). The van der Waals surface area contributed by atoms with Crippen LogP contribution in [0, 0.1) is 0 Å². The molecule has 0 atom stereocenters. The van der Waals surface area contributed by atoms with Gasteiger partial charge in [-0.3, -0.25) is 4.79 Å². The Labute approximate surface area is 132 Å². The van der Waals surface area contributed by atoms with Crippen molar-refractivity contribution in [2.75, 3.05) is 13.2 Å². The second-order valence-corrected chi connectivity index (χ2v) is 5.25. The van der Waals surface area contributed by atoms with Crippen LogP contribution in [0.2, 0.25) is 0 Å². The van der Waals surface area contributed by atoms with Crippen molar-refractivity contribution in [3.05, 3.63) is 46.2 Å². The van der Waals surface area contributed by atoms with E-state index in [4.69, 9.17) is 14.6 Å². The molecule has 6 nitrogen and oxygen atoms in total. The van der Waals surface area contributed by atoms with Crippen molar-refractivity contribution in [3.63, 3.8) is 0 Å². The number of hydrogen-bond donors (Lipinski definition) is 1. The van der Waals surface area contributed by atoms with E-state index in [-0.39, 0.29) is 5.56 Å². The lowest BCUT2D eigenvalue weighted by Crippen LogP contribution is -2.27. The van der Waals surface area contributed by atoms with E-state index >= 15 is 0 Å². The van der Waals surface area contributed by atoms with Gasteiger partial charge in [-0.25, -0.2) is 4.79 Å². The van der Waals surface area contributed by atoms with Crippen LogP contribution < -0.4 is 15.0 Å². The number of nitrogens with zero attached hydrogens (tertiary/aromatic N) is 1. The molecule has 1 N–H and O–H groups in total. The maximum absolute atomic E-state index is 12.4. The number of benzene rings is 1. The summed E-state index contributed by atoms with van der Waals surface area (Å²) in [5.41, 5.74) is 0.738. The van der Waals surface area contributed by atoms with Gasteiger partial charge < -0.3 is 19.1 Å². The molecule has 0 aliphatic carbocycles. The van der Waals surface area contributed by atoms with Gasteiger partial charge in [-0.05, 0) is 36.8 Å². The number of ether oxygens (including phenoxy) is 2. The number of aromatic nitrogens is 1. The first-order valence-corrected chi connectivity index (χ1v) is 7.49. The van der Waals surface area contributed by atoms with E-state index in [0.717, 1.165) is 12.0 Å². The minimum absolute atomic E-state index is 0.222. The van der Waals surface area contributed by atoms with Gasteiger partial charge in [0.05, 0.1) is 5.69 Å². The van der Waals surface area contributed by atoms with Crippen molar-refractivity contribution < 1.29 is 19.4 Å². The van der Waals surface area contributed by atoms with Crippen LogP contribution in [0.5, 0.6) is 11.5 Å². The quantitative estimate of drug-likeness (QED) is 0.937. The van der Waals surface area contributed by atoms with E-state index in [1.54, 1.807) is 12.1 Å². The fourth-order valence-corrected chi connectivity index (χ4v) is 2.64. The number of aromatic carboxylic acids is 1. The number of pyridine rings is 1. The number of fused-ring (bicyclic) bond motifs is 1. The van der Waals surface area contributed by atoms with Crippen LogP contribution in [-0.4, -0.2) is 28.9 Å². The summed E-state index contributed by atoms with van der Waals surface area (Å²) in [5.74, 6) is 0.0895. The molecule has 1 aromatic heterocycles. The van der Waals surface area contributed by atoms with Crippen molar-refractivity contribution in [2.45, 2.75) is 19.9 Å². The molecule has 1 aromatic carbocycles. The molecule has 1 aliphatic heterocycles. The molecule has 23 heavy (non-hydrogen) atoms. The summed E-state index contributed by atoms with van der Waals surface area (Å²) >= 11 is 0. The molecule has 2 aromatic rings. The Hall–Kier alpha value is -2.76. The number of hydrogen-bond acceptors (Lipinski definition) is 4. The zero-order chi connectivity index (χ0) is 16.4. The van der Waals surface area contributed by atoms with Gasteiger partial charge >= 0.3 is 5.97 Å². The minimum Gasteiger partial charge on any atom is -0.486 e. The molecule has 0 spiro atoms. The third-order valence-corrected chi connectivity index (χ3v) is 3.69. The molecular formula is C17H17NO5. The highest BCUT2D eigenvalue weighted by molar-refractivity contribution is 5.87. The van der Waals surface area contributed by atoms with Crippen LogP contribution in [0.25, 0.3) is 11.3 Å². The molecule has 0 bridgehead atoms. The fourth-order valence-electron chi connectivity index (χ4n) is 2.64. The van der Waals surface area contributed by atoms with Crippen LogP contribution >= 0.6 is 0 Å². The topological polar surface area (TPSA) is 77.8 Å². The maximum Gasteiger partial charge on any atom is 0.341 e. The van der Waals surface area contributed by atoms with Crippen LogP contribution in [-0.2, 0) is 6.54 Å². The normalized spacial score (nSPS) is 12.9. The average molecular weight is 315 g/mol. The molecule has 2 heterocycles. The zero-order valence-corrected chi connectivity index (χ0v) is 12.7. The SMILES string of the molecule is CCCn1c(-c2ccc3c(c2)OCCO3)ccc(C(=O)O)c1=O. The molecule has 0 radical (unpaired) electrons. The summed E-state index contributed by atoms with van der Waals surface area (Å²) in [5, 5.41) is 9.13. The predicted octanol–water partition coefficient (Wildman–Crippen LogP) is 2.39. The lowest BCUT2D eigenvalue weighted by atomic mass is 10.1. The first kappa shape index (κ1) is 15.1. The van der Waals surface area contributed by atoms with Gasteiger partial charge in [0.2, 0.25) is 0 Å². The molecule has 120 valence electrons. The Balaban J connectivity index is 2.14. The fraction of sp³-hybridized carbons (Fsp3) is 0.294. The van der Waals surface area contributed by atoms with Gasteiger partial charge in [-0.2, -0.15) is 0 Å². The minimum atomic E-state index is -1.21. The van der Waals surface area contributed by atoms with E-state index in [0.29, 0.717) is 37.0 Å². The monoisotopic (exact) mass is 315 g/mol. The average Bonchev–Trinajstić information content (AvgIpc) is 2.56. The largest absolute Gasteiger partial charge is 0.486 e. The van der Waals surface area contributed by atoms with Crippen LogP contribution in [0.4, 0.5) is 0 Å². The van der Waals surface area contributed by atoms with Gasteiger partial charge in [0, 0.05) is 12.1 Å². The van der Waals surface area contributed by atoms with E-state index < -0.39 is 11.5 Å². The van der Waals surface area contributed by atoms with Crippen molar-refractivity contribution >= 4 is 5.97 Å². The summed E-state index contributed by atoms with van der Waals surface area (Å²) in [7, 11) is 0. The molecule has 3 rings (SSSR count). The second-order valence-electron chi connectivity index (χ2n) is 5.25. The van der Waals surface area contributed by atoms with Gasteiger partial charge in [-0.1, -0.05) is 6.92 Å². The van der Waals surface area contributed by atoms with Crippen LogP contribution in [0.3, 0.4) is 0 Å². The Morgan fingerprint density at radius 3 is 2.61 bits per heavy atom. The highest BCUT2D eigenvalue weighted by atomic mass is 16.6. The molecule has 6 heteroatoms. The number of carboxylic acid groups (broad SMARTS) is 1. The van der Waals surface area contributed by atoms with Gasteiger partial charge in [0.25, 0.3) is 5.56 Å². The Kier molecular flexibility index (Phi) is 4.06. The molecule has 0 fully saturated rings. The zero-order valence-electron chi connectivity index (χ0n) is 12.7. The van der Waals surface area contributed by atoms with Crippen molar-refractivity contribution in [3.8, 4) is 22.8 Å². The third-order valence-electron chi connectivity index (χ3n) is 3.69. The lowest BCUT2D eigenvalue weighted by Gasteiger charge is -2.20. The van der Waals surface area contributed by atoms with Crippen molar-refractivity contribution in [2.24, 2.45) is 0 Å².